The van der Waals surface area contributed by atoms with Crippen molar-refractivity contribution in [1.29, 1.82) is 0 Å². The number of aromatic nitrogens is 2. The van der Waals surface area contributed by atoms with Crippen molar-refractivity contribution in [3.63, 3.8) is 0 Å². The second kappa shape index (κ2) is 8.35. The molecule has 0 atom stereocenters. The molecule has 3 nitrogen and oxygen atoms in total. The van der Waals surface area contributed by atoms with Gasteiger partial charge in [0.2, 0.25) is 0 Å². The third-order valence-corrected chi connectivity index (χ3v) is 5.97. The van der Waals surface area contributed by atoms with Gasteiger partial charge in [0.05, 0.1) is 5.69 Å². The highest BCUT2D eigenvalue weighted by molar-refractivity contribution is 5.77. The molecule has 0 radical (unpaired) electrons. The maximum atomic E-state index is 5.00. The molecule has 0 amide bonds. The van der Waals surface area contributed by atoms with Crippen molar-refractivity contribution in [3.8, 4) is 22.4 Å². The van der Waals surface area contributed by atoms with E-state index in [0.29, 0.717) is 0 Å². The second-order valence-corrected chi connectivity index (χ2v) is 8.50. The van der Waals surface area contributed by atoms with E-state index in [9.17, 15) is 0 Å². The van der Waals surface area contributed by atoms with Crippen molar-refractivity contribution in [2.75, 3.05) is 19.0 Å². The first-order valence-electron chi connectivity index (χ1n) is 11.0. The lowest BCUT2D eigenvalue weighted by atomic mass is 9.97. The number of nitrogens with zero attached hydrogens (tertiary/aromatic N) is 3. The highest BCUT2D eigenvalue weighted by atomic mass is 15.1. The standard InChI is InChI=1S/C28H27N3/c1-31(2)27-18-22-17-23(19-27)28-11-5-10-26(30-28)15-14-25-9-4-8-24(29-25)13-12-20-6-3-7-21(22)16-20/h3-11,16-19H,12-15H2,1-2H3. The van der Waals surface area contributed by atoms with E-state index in [1.54, 1.807) is 0 Å². The maximum Gasteiger partial charge on any atom is 0.0706 e. The van der Waals surface area contributed by atoms with Gasteiger partial charge in [-0.25, -0.2) is 0 Å². The first-order valence-corrected chi connectivity index (χ1v) is 11.0. The Morgan fingerprint density at radius 3 is 2.00 bits per heavy atom. The Hall–Kier alpha value is -3.46. The molecule has 0 unspecified atom stereocenters. The molecule has 5 rings (SSSR count). The Kier molecular flexibility index (Phi) is 5.25. The summed E-state index contributed by atoms with van der Waals surface area (Å²) in [5, 5.41) is 0. The SMILES string of the molecule is CN(C)c1cc2cc(c1)-c1cccc(n1)CCc1cccc(n1)CCc1cccc-2c1. The lowest BCUT2D eigenvalue weighted by Gasteiger charge is -2.17. The van der Waals surface area contributed by atoms with Crippen LogP contribution in [0.25, 0.3) is 22.4 Å². The average Bonchev–Trinajstić information content (AvgIpc) is 2.81. The van der Waals surface area contributed by atoms with Crippen molar-refractivity contribution < 1.29 is 0 Å². The number of hydrogen-bond acceptors (Lipinski definition) is 3. The summed E-state index contributed by atoms with van der Waals surface area (Å²) in [5.41, 5.74) is 10.6. The van der Waals surface area contributed by atoms with E-state index >= 15 is 0 Å². The Morgan fingerprint density at radius 2 is 1.23 bits per heavy atom. The smallest absolute Gasteiger partial charge is 0.0706 e. The molecule has 2 aromatic heterocycles. The minimum Gasteiger partial charge on any atom is -0.378 e. The summed E-state index contributed by atoms with van der Waals surface area (Å²) in [5.74, 6) is 0. The molecule has 0 aliphatic carbocycles. The number of fused-ring (bicyclic) bond motifs is 10. The van der Waals surface area contributed by atoms with Crippen molar-refractivity contribution in [2.24, 2.45) is 0 Å². The van der Waals surface area contributed by atoms with Crippen LogP contribution in [-0.2, 0) is 25.7 Å². The van der Waals surface area contributed by atoms with Gasteiger partial charge in [0, 0.05) is 42.4 Å². The van der Waals surface area contributed by atoms with Gasteiger partial charge >= 0.3 is 0 Å². The van der Waals surface area contributed by atoms with Gasteiger partial charge in [-0.15, -0.1) is 0 Å². The van der Waals surface area contributed by atoms with E-state index in [1.807, 2.05) is 0 Å². The summed E-state index contributed by atoms with van der Waals surface area (Å²) >= 11 is 0. The molecule has 0 fully saturated rings. The highest BCUT2D eigenvalue weighted by Gasteiger charge is 2.10. The molecular formula is C28H27N3. The Morgan fingerprint density at radius 1 is 0.581 bits per heavy atom. The van der Waals surface area contributed by atoms with Gasteiger partial charge in [-0.2, -0.15) is 0 Å². The lowest BCUT2D eigenvalue weighted by molar-refractivity contribution is 0.843. The van der Waals surface area contributed by atoms with E-state index in [2.05, 4.69) is 97.9 Å². The van der Waals surface area contributed by atoms with Gasteiger partial charge < -0.3 is 4.90 Å². The van der Waals surface area contributed by atoms with Gasteiger partial charge in [0.25, 0.3) is 0 Å². The third-order valence-electron chi connectivity index (χ3n) is 5.97. The number of pyridine rings is 2. The fraction of sp³-hybridized carbons (Fsp3) is 0.214. The molecule has 0 N–H and O–H groups in total. The number of rotatable bonds is 1. The average molecular weight is 406 g/mol. The molecule has 3 heterocycles. The quantitative estimate of drug-likeness (QED) is 0.403. The zero-order valence-corrected chi connectivity index (χ0v) is 18.2. The topological polar surface area (TPSA) is 29.0 Å². The second-order valence-electron chi connectivity index (χ2n) is 8.50. The molecule has 0 saturated carbocycles. The van der Waals surface area contributed by atoms with Crippen molar-refractivity contribution in [1.82, 2.24) is 9.97 Å². The molecule has 154 valence electrons. The first kappa shape index (κ1) is 19.5. The summed E-state index contributed by atoms with van der Waals surface area (Å²) < 4.78 is 0. The minimum absolute atomic E-state index is 0.892. The lowest BCUT2D eigenvalue weighted by Crippen LogP contribution is -2.09. The van der Waals surface area contributed by atoms with Gasteiger partial charge in [0.15, 0.2) is 0 Å². The van der Waals surface area contributed by atoms with E-state index in [0.717, 1.165) is 54.0 Å². The van der Waals surface area contributed by atoms with Gasteiger partial charge in [-0.1, -0.05) is 36.4 Å². The van der Waals surface area contributed by atoms with E-state index in [1.165, 1.54) is 22.4 Å². The molecule has 8 bridgehead atoms. The van der Waals surface area contributed by atoms with Crippen LogP contribution in [0.5, 0.6) is 0 Å². The third kappa shape index (κ3) is 4.36. The van der Waals surface area contributed by atoms with Crippen LogP contribution < -0.4 is 4.90 Å². The molecule has 1 aliphatic rings. The fourth-order valence-corrected chi connectivity index (χ4v) is 4.21. The molecular weight excluding hydrogens is 378 g/mol. The molecule has 2 aromatic carbocycles. The molecule has 4 aromatic rings. The zero-order valence-electron chi connectivity index (χ0n) is 18.2. The predicted octanol–water partition coefficient (Wildman–Crippen LogP) is 5.76. The van der Waals surface area contributed by atoms with Gasteiger partial charge in [-0.05, 0) is 84.8 Å². The van der Waals surface area contributed by atoms with E-state index in [-0.39, 0.29) is 0 Å². The van der Waals surface area contributed by atoms with Crippen molar-refractivity contribution in [3.05, 3.63) is 102 Å². The molecule has 0 saturated heterocycles. The van der Waals surface area contributed by atoms with Crippen LogP contribution in [-0.4, -0.2) is 24.1 Å². The number of benzene rings is 2. The van der Waals surface area contributed by atoms with Crippen LogP contribution in [0.2, 0.25) is 0 Å². The maximum absolute atomic E-state index is 5.00. The molecule has 31 heavy (non-hydrogen) atoms. The van der Waals surface area contributed by atoms with Crippen molar-refractivity contribution in [2.45, 2.75) is 25.7 Å². The fourth-order valence-electron chi connectivity index (χ4n) is 4.21. The van der Waals surface area contributed by atoms with E-state index < -0.39 is 0 Å². The van der Waals surface area contributed by atoms with Crippen LogP contribution in [0.1, 0.15) is 22.6 Å². The molecule has 0 spiro atoms. The number of hydrogen-bond donors (Lipinski definition) is 0. The summed E-state index contributed by atoms with van der Waals surface area (Å²) in [4.78, 5) is 12.1. The van der Waals surface area contributed by atoms with Crippen LogP contribution >= 0.6 is 0 Å². The van der Waals surface area contributed by atoms with Crippen LogP contribution in [0.15, 0.2) is 78.9 Å². The highest BCUT2D eigenvalue weighted by Crippen LogP contribution is 2.31. The monoisotopic (exact) mass is 405 g/mol. The largest absolute Gasteiger partial charge is 0.378 e. The Balaban J connectivity index is 1.67. The van der Waals surface area contributed by atoms with E-state index in [4.69, 9.17) is 9.97 Å². The molecule has 1 aliphatic heterocycles. The Labute approximate surface area is 184 Å². The summed E-state index contributed by atoms with van der Waals surface area (Å²) in [6.07, 6.45) is 3.74. The number of anilines is 1. The van der Waals surface area contributed by atoms with Crippen LogP contribution in [0.3, 0.4) is 0 Å². The summed E-state index contributed by atoms with van der Waals surface area (Å²) in [7, 11) is 4.19. The predicted molar refractivity (Wildman–Crippen MR) is 128 cm³/mol. The van der Waals surface area contributed by atoms with Gasteiger partial charge in [-0.3, -0.25) is 9.97 Å². The van der Waals surface area contributed by atoms with Crippen molar-refractivity contribution >= 4 is 5.69 Å². The Bertz CT molecular complexity index is 1140. The normalized spacial score (nSPS) is 13.0. The van der Waals surface area contributed by atoms with Gasteiger partial charge in [0.1, 0.15) is 0 Å². The zero-order chi connectivity index (χ0) is 21.2. The molecule has 3 heteroatoms. The first-order chi connectivity index (χ1) is 15.1. The summed E-state index contributed by atoms with van der Waals surface area (Å²) in [6, 6.07) is 28.4. The summed E-state index contributed by atoms with van der Waals surface area (Å²) in [6.45, 7) is 0. The van der Waals surface area contributed by atoms with Crippen LogP contribution in [0, 0.1) is 0 Å². The van der Waals surface area contributed by atoms with Crippen LogP contribution in [0.4, 0.5) is 5.69 Å². The minimum atomic E-state index is 0.892. The number of aryl methyl sites for hydroxylation is 4.